The summed E-state index contributed by atoms with van der Waals surface area (Å²) < 4.78 is 0. The number of rotatable bonds is 1. The van der Waals surface area contributed by atoms with E-state index in [0.717, 1.165) is 24.8 Å². The van der Waals surface area contributed by atoms with Crippen LogP contribution in [0, 0.1) is 0 Å². The molecule has 0 aromatic heterocycles. The Kier molecular flexibility index (Phi) is 2.18. The lowest BCUT2D eigenvalue weighted by Crippen LogP contribution is -2.69. The zero-order valence-electron chi connectivity index (χ0n) is 9.40. The fraction of sp³-hybridized carbons (Fsp3) is 0.385. The van der Waals surface area contributed by atoms with Crippen molar-refractivity contribution in [1.29, 1.82) is 0 Å². The van der Waals surface area contributed by atoms with Crippen LogP contribution in [-0.4, -0.2) is 17.4 Å². The second-order valence-corrected chi connectivity index (χ2v) is 4.74. The van der Waals surface area contributed by atoms with Crippen LogP contribution in [-0.2, 0) is 9.59 Å². The summed E-state index contributed by atoms with van der Waals surface area (Å²) in [6.07, 6.45) is 2.52. The zero-order valence-corrected chi connectivity index (χ0v) is 9.40. The Hall–Kier alpha value is -1.84. The van der Waals surface area contributed by atoms with Crippen LogP contribution in [0.2, 0.25) is 0 Å². The SMILES string of the molecule is O=C1NC2(CCC2)C(=O)N[C@@H]1c1ccccc1. The molecule has 2 N–H and O–H groups in total. The molecule has 17 heavy (non-hydrogen) atoms. The molecule has 1 aromatic rings. The van der Waals surface area contributed by atoms with Crippen molar-refractivity contribution in [3.8, 4) is 0 Å². The van der Waals surface area contributed by atoms with Gasteiger partial charge in [-0.25, -0.2) is 0 Å². The van der Waals surface area contributed by atoms with Gasteiger partial charge in [-0.05, 0) is 24.8 Å². The van der Waals surface area contributed by atoms with Crippen LogP contribution < -0.4 is 10.6 Å². The molecule has 1 aliphatic carbocycles. The highest BCUT2D eigenvalue weighted by atomic mass is 16.2. The van der Waals surface area contributed by atoms with Crippen molar-refractivity contribution in [1.82, 2.24) is 10.6 Å². The highest BCUT2D eigenvalue weighted by molar-refractivity contribution is 6.00. The van der Waals surface area contributed by atoms with Gasteiger partial charge in [-0.2, -0.15) is 0 Å². The molecular formula is C13H14N2O2. The van der Waals surface area contributed by atoms with Gasteiger partial charge in [-0.15, -0.1) is 0 Å². The first-order valence-corrected chi connectivity index (χ1v) is 5.89. The lowest BCUT2D eigenvalue weighted by molar-refractivity contribution is -0.145. The predicted molar refractivity (Wildman–Crippen MR) is 62.1 cm³/mol. The van der Waals surface area contributed by atoms with E-state index in [1.165, 1.54) is 0 Å². The maximum atomic E-state index is 12.0. The van der Waals surface area contributed by atoms with Gasteiger partial charge in [0, 0.05) is 0 Å². The van der Waals surface area contributed by atoms with Crippen LogP contribution in [0.15, 0.2) is 30.3 Å². The largest absolute Gasteiger partial charge is 0.340 e. The van der Waals surface area contributed by atoms with E-state index < -0.39 is 11.6 Å². The smallest absolute Gasteiger partial charge is 0.248 e. The Morgan fingerprint density at radius 1 is 1.12 bits per heavy atom. The third kappa shape index (κ3) is 1.52. The van der Waals surface area contributed by atoms with E-state index in [0.29, 0.717) is 0 Å². The number of nitrogens with one attached hydrogen (secondary N) is 2. The molecule has 2 aliphatic rings. The third-order valence-electron chi connectivity index (χ3n) is 3.67. The van der Waals surface area contributed by atoms with E-state index in [1.54, 1.807) is 0 Å². The van der Waals surface area contributed by atoms with Gasteiger partial charge in [0.05, 0.1) is 0 Å². The first-order valence-electron chi connectivity index (χ1n) is 5.89. The van der Waals surface area contributed by atoms with Gasteiger partial charge < -0.3 is 10.6 Å². The normalized spacial score (nSPS) is 26.0. The summed E-state index contributed by atoms with van der Waals surface area (Å²) in [4.78, 5) is 24.0. The first kappa shape index (κ1) is 10.3. The van der Waals surface area contributed by atoms with Crippen molar-refractivity contribution >= 4 is 11.8 Å². The third-order valence-corrected chi connectivity index (χ3v) is 3.67. The summed E-state index contributed by atoms with van der Waals surface area (Å²) in [7, 11) is 0. The summed E-state index contributed by atoms with van der Waals surface area (Å²) in [5.74, 6) is -0.146. The number of carbonyl (C=O) groups is 2. The van der Waals surface area contributed by atoms with Crippen molar-refractivity contribution in [2.75, 3.05) is 0 Å². The molecule has 0 radical (unpaired) electrons. The fourth-order valence-electron chi connectivity index (χ4n) is 2.46. The summed E-state index contributed by atoms with van der Waals surface area (Å²) in [6, 6.07) is 8.77. The maximum absolute atomic E-state index is 12.0. The van der Waals surface area contributed by atoms with Crippen LogP contribution in [0.3, 0.4) is 0 Å². The van der Waals surface area contributed by atoms with Crippen molar-refractivity contribution in [2.24, 2.45) is 0 Å². The summed E-state index contributed by atoms with van der Waals surface area (Å²) >= 11 is 0. The molecule has 1 atom stereocenters. The van der Waals surface area contributed by atoms with Gasteiger partial charge in [0.1, 0.15) is 11.6 Å². The van der Waals surface area contributed by atoms with Gasteiger partial charge in [-0.3, -0.25) is 9.59 Å². The molecule has 1 aliphatic heterocycles. The molecule has 2 amide bonds. The van der Waals surface area contributed by atoms with Crippen molar-refractivity contribution in [3.05, 3.63) is 35.9 Å². The minimum absolute atomic E-state index is 0.0443. The van der Waals surface area contributed by atoms with E-state index in [9.17, 15) is 9.59 Å². The van der Waals surface area contributed by atoms with Crippen LogP contribution in [0.5, 0.6) is 0 Å². The molecule has 4 nitrogen and oxygen atoms in total. The summed E-state index contributed by atoms with van der Waals surface area (Å²) in [5, 5.41) is 5.70. The molecule has 1 heterocycles. The molecular weight excluding hydrogens is 216 g/mol. The van der Waals surface area contributed by atoms with Gasteiger partial charge in [0.2, 0.25) is 11.8 Å². The Bertz CT molecular complexity index is 466. The van der Waals surface area contributed by atoms with Crippen LogP contribution in [0.25, 0.3) is 0 Å². The zero-order chi connectivity index (χ0) is 11.9. The maximum Gasteiger partial charge on any atom is 0.248 e. The predicted octanol–water partition coefficient (Wildman–Crippen LogP) is 0.896. The number of amides is 2. The molecule has 1 aromatic carbocycles. The number of benzene rings is 1. The van der Waals surface area contributed by atoms with Crippen molar-refractivity contribution < 1.29 is 9.59 Å². The minimum Gasteiger partial charge on any atom is -0.340 e. The molecule has 1 saturated heterocycles. The topological polar surface area (TPSA) is 58.2 Å². The molecule has 4 heteroatoms. The first-order chi connectivity index (χ1) is 8.21. The number of carbonyl (C=O) groups excluding carboxylic acids is 2. The second kappa shape index (κ2) is 3.58. The summed E-state index contributed by atoms with van der Waals surface area (Å²) in [5.41, 5.74) is 0.218. The van der Waals surface area contributed by atoms with Gasteiger partial charge in [0.15, 0.2) is 0 Å². The monoisotopic (exact) mass is 230 g/mol. The molecule has 2 fully saturated rings. The molecule has 3 rings (SSSR count). The van der Waals surface area contributed by atoms with Crippen LogP contribution in [0.4, 0.5) is 0 Å². The van der Waals surface area contributed by atoms with Crippen LogP contribution >= 0.6 is 0 Å². The average molecular weight is 230 g/mol. The Morgan fingerprint density at radius 3 is 2.41 bits per heavy atom. The molecule has 0 unspecified atom stereocenters. The quantitative estimate of drug-likeness (QED) is 0.753. The number of hydrogen-bond donors (Lipinski definition) is 2. The van der Waals surface area contributed by atoms with Gasteiger partial charge in [-0.1, -0.05) is 30.3 Å². The Balaban J connectivity index is 1.86. The van der Waals surface area contributed by atoms with Gasteiger partial charge in [0.25, 0.3) is 0 Å². The average Bonchev–Trinajstić information content (AvgIpc) is 2.30. The van der Waals surface area contributed by atoms with E-state index in [-0.39, 0.29) is 11.8 Å². The minimum atomic E-state index is -0.609. The lowest BCUT2D eigenvalue weighted by atomic mass is 9.74. The number of piperazine rings is 1. The van der Waals surface area contributed by atoms with Gasteiger partial charge >= 0.3 is 0 Å². The standard InChI is InChI=1S/C13H14N2O2/c16-11-10(9-5-2-1-3-6-9)14-12(17)13(15-11)7-4-8-13/h1-3,5-6,10H,4,7-8H2,(H,14,17)(H,15,16)/t10-/m1/s1. The molecule has 88 valence electrons. The van der Waals surface area contributed by atoms with Crippen molar-refractivity contribution in [3.63, 3.8) is 0 Å². The second-order valence-electron chi connectivity index (χ2n) is 4.74. The highest BCUT2D eigenvalue weighted by Gasteiger charge is 2.50. The molecule has 1 spiro atoms. The summed E-state index contributed by atoms with van der Waals surface area (Å²) in [6.45, 7) is 0. The van der Waals surface area contributed by atoms with E-state index in [4.69, 9.17) is 0 Å². The van der Waals surface area contributed by atoms with E-state index in [1.807, 2.05) is 30.3 Å². The van der Waals surface area contributed by atoms with E-state index >= 15 is 0 Å². The highest BCUT2D eigenvalue weighted by Crippen LogP contribution is 2.35. The van der Waals surface area contributed by atoms with Crippen LogP contribution in [0.1, 0.15) is 30.9 Å². The Morgan fingerprint density at radius 2 is 1.82 bits per heavy atom. The van der Waals surface area contributed by atoms with E-state index in [2.05, 4.69) is 10.6 Å². The fourth-order valence-corrected chi connectivity index (χ4v) is 2.46. The molecule has 0 bridgehead atoms. The van der Waals surface area contributed by atoms with Crippen molar-refractivity contribution in [2.45, 2.75) is 30.8 Å². The molecule has 1 saturated carbocycles. The number of hydrogen-bond acceptors (Lipinski definition) is 2. The lowest BCUT2D eigenvalue weighted by Gasteiger charge is -2.45. The Labute approximate surface area is 99.4 Å².